The van der Waals surface area contributed by atoms with Crippen molar-refractivity contribution in [1.29, 1.82) is 0 Å². The van der Waals surface area contributed by atoms with E-state index >= 15 is 0 Å². The SMILES string of the molecule is CC(C)(C)c1ccnc(-c2ccccc2-c2ccccc2-[n+]2[c-]n(-c3[c-]c(Oc4[c-]cc5c(c4)oc4ccccc45)ccc3)c3ccccc32)c1.[Pt]. The molecule has 9 aromatic rings. The zero-order valence-electron chi connectivity index (χ0n) is 28.8. The van der Waals surface area contributed by atoms with Crippen molar-refractivity contribution >= 4 is 33.0 Å². The maximum atomic E-state index is 6.30. The van der Waals surface area contributed by atoms with Crippen LogP contribution in [0.3, 0.4) is 0 Å². The van der Waals surface area contributed by atoms with Crippen LogP contribution in [0.15, 0.2) is 150 Å². The van der Waals surface area contributed by atoms with E-state index in [2.05, 4.69) is 129 Å². The summed E-state index contributed by atoms with van der Waals surface area (Å²) in [5.41, 5.74) is 10.9. The van der Waals surface area contributed by atoms with Gasteiger partial charge in [0.1, 0.15) is 5.58 Å². The number of fused-ring (bicyclic) bond motifs is 4. The number of hydrogen-bond donors (Lipinski definition) is 0. The number of ether oxygens (including phenoxy) is 1. The molecule has 0 bridgehead atoms. The van der Waals surface area contributed by atoms with Crippen LogP contribution in [0.1, 0.15) is 26.3 Å². The molecule has 0 N–H and O–H groups in total. The number of pyridine rings is 1. The molecule has 0 fully saturated rings. The van der Waals surface area contributed by atoms with E-state index in [9.17, 15) is 0 Å². The quantitative estimate of drug-likeness (QED) is 0.124. The molecule has 0 spiro atoms. The number of furan rings is 1. The number of imidazole rings is 1. The Bertz CT molecular complexity index is 2740. The molecular weight excluding hydrogens is 822 g/mol. The molecule has 0 radical (unpaired) electrons. The van der Waals surface area contributed by atoms with Gasteiger partial charge in [-0.05, 0) is 57.4 Å². The molecule has 0 atom stereocenters. The third kappa shape index (κ3) is 6.01. The van der Waals surface area contributed by atoms with Crippen molar-refractivity contribution in [2.24, 2.45) is 0 Å². The van der Waals surface area contributed by atoms with Crippen molar-refractivity contribution in [3.63, 3.8) is 0 Å². The monoisotopic (exact) mass is 854 g/mol. The van der Waals surface area contributed by atoms with Gasteiger partial charge in [0, 0.05) is 49.9 Å². The smallest absolute Gasteiger partial charge is 0.268 e. The minimum atomic E-state index is 0. The van der Waals surface area contributed by atoms with Gasteiger partial charge < -0.3 is 13.7 Å². The summed E-state index contributed by atoms with van der Waals surface area (Å²) in [5.74, 6) is 1.12. The van der Waals surface area contributed by atoms with E-state index in [1.165, 1.54) is 5.56 Å². The maximum Gasteiger partial charge on any atom is 0.268 e. The molecule has 0 aliphatic carbocycles. The third-order valence-electron chi connectivity index (χ3n) is 9.32. The van der Waals surface area contributed by atoms with E-state index in [4.69, 9.17) is 14.1 Å². The molecule has 3 heterocycles. The molecule has 6 aromatic carbocycles. The van der Waals surface area contributed by atoms with Crippen molar-refractivity contribution in [3.8, 4) is 45.3 Å². The molecule has 0 saturated heterocycles. The number of benzene rings is 6. The molecule has 0 saturated carbocycles. The molecule has 52 heavy (non-hydrogen) atoms. The average Bonchev–Trinajstić information content (AvgIpc) is 3.73. The normalized spacial score (nSPS) is 11.6. The Morgan fingerprint density at radius 3 is 2.31 bits per heavy atom. The van der Waals surface area contributed by atoms with Gasteiger partial charge in [-0.2, -0.15) is 18.2 Å². The van der Waals surface area contributed by atoms with Crippen LogP contribution in [0.2, 0.25) is 0 Å². The summed E-state index contributed by atoms with van der Waals surface area (Å²) in [6.07, 6.45) is 5.57. The fourth-order valence-electron chi connectivity index (χ4n) is 6.75. The van der Waals surface area contributed by atoms with Crippen LogP contribution in [0.4, 0.5) is 0 Å². The van der Waals surface area contributed by atoms with Gasteiger partial charge in [0.05, 0.1) is 22.4 Å². The van der Waals surface area contributed by atoms with Crippen LogP contribution >= 0.6 is 0 Å². The van der Waals surface area contributed by atoms with Crippen LogP contribution in [0.25, 0.3) is 66.7 Å². The van der Waals surface area contributed by atoms with Crippen LogP contribution in [0, 0.1) is 18.5 Å². The molecular formula is C46H33N3O2Pt-2. The molecule has 5 nitrogen and oxygen atoms in total. The van der Waals surface area contributed by atoms with Crippen LogP contribution in [-0.4, -0.2) is 9.55 Å². The first-order valence-electron chi connectivity index (χ1n) is 17.0. The molecule has 3 aromatic heterocycles. The first-order chi connectivity index (χ1) is 24.9. The summed E-state index contributed by atoms with van der Waals surface area (Å²) in [6, 6.07) is 54.1. The number of hydrogen-bond acceptors (Lipinski definition) is 3. The zero-order chi connectivity index (χ0) is 34.5. The molecule has 0 unspecified atom stereocenters. The van der Waals surface area contributed by atoms with E-state index in [-0.39, 0.29) is 26.5 Å². The molecule has 0 amide bonds. The Morgan fingerprint density at radius 1 is 0.692 bits per heavy atom. The number of rotatable bonds is 6. The summed E-state index contributed by atoms with van der Waals surface area (Å²) in [7, 11) is 0. The van der Waals surface area contributed by atoms with Crippen molar-refractivity contribution in [3.05, 3.63) is 170 Å². The Kier molecular flexibility index (Phi) is 8.61. The van der Waals surface area contributed by atoms with Gasteiger partial charge >= 0.3 is 0 Å². The molecule has 0 aliphatic heterocycles. The van der Waals surface area contributed by atoms with Gasteiger partial charge in [-0.3, -0.25) is 9.55 Å². The van der Waals surface area contributed by atoms with Crippen molar-refractivity contribution in [2.75, 3.05) is 0 Å². The number of nitrogens with zero attached hydrogens (tertiary/aromatic N) is 3. The summed E-state index contributed by atoms with van der Waals surface area (Å²) in [4.78, 5) is 4.83. The average molecular weight is 855 g/mol. The first-order valence-corrected chi connectivity index (χ1v) is 17.0. The van der Waals surface area contributed by atoms with Gasteiger partial charge in [0.25, 0.3) is 6.33 Å². The first kappa shape index (κ1) is 33.4. The van der Waals surface area contributed by atoms with Gasteiger partial charge in [0.15, 0.2) is 0 Å². The zero-order valence-corrected chi connectivity index (χ0v) is 31.1. The second-order valence-electron chi connectivity index (χ2n) is 13.7. The Hall–Kier alpha value is -5.77. The van der Waals surface area contributed by atoms with E-state index in [0.29, 0.717) is 11.5 Å². The van der Waals surface area contributed by atoms with E-state index in [1.54, 1.807) is 0 Å². The Morgan fingerprint density at radius 2 is 1.44 bits per heavy atom. The summed E-state index contributed by atoms with van der Waals surface area (Å²) in [5, 5.41) is 2.06. The standard InChI is InChI=1S/C46H33N3O2.Pt/c1-46(2,3)31-25-26-47-40(27-31)36-16-5-4-15-35(36)37-17-6-8-19-41(37)49-30-48(42-20-9-10-21-43(42)49)32-13-12-14-33(28-32)50-34-23-24-39-38-18-7-11-22-44(38)51-45(39)29-34;/h4-22,24-27,29H,1-3H3;/q-2;. The second kappa shape index (κ2) is 13.4. The molecule has 0 aliphatic rings. The topological polar surface area (TPSA) is 44.1 Å². The van der Waals surface area contributed by atoms with Crippen molar-refractivity contribution < 1.29 is 34.8 Å². The van der Waals surface area contributed by atoms with Gasteiger partial charge in [-0.15, -0.1) is 18.2 Å². The second-order valence-corrected chi connectivity index (χ2v) is 13.7. The van der Waals surface area contributed by atoms with Gasteiger partial charge in [0.2, 0.25) is 0 Å². The third-order valence-corrected chi connectivity index (χ3v) is 9.32. The fourth-order valence-corrected chi connectivity index (χ4v) is 6.75. The largest absolute Gasteiger partial charge is 0.510 e. The minimum absolute atomic E-state index is 0. The predicted molar refractivity (Wildman–Crippen MR) is 202 cm³/mol. The predicted octanol–water partition coefficient (Wildman–Crippen LogP) is 11.0. The Balaban J connectivity index is 0.00000387. The maximum absolute atomic E-state index is 6.30. The summed E-state index contributed by atoms with van der Waals surface area (Å²) >= 11 is 0. The summed E-state index contributed by atoms with van der Waals surface area (Å²) in [6.45, 7) is 6.69. The van der Waals surface area contributed by atoms with Crippen molar-refractivity contribution in [2.45, 2.75) is 26.2 Å². The minimum Gasteiger partial charge on any atom is -0.510 e. The van der Waals surface area contributed by atoms with E-state index in [0.717, 1.165) is 66.7 Å². The Labute approximate surface area is 317 Å². The fraction of sp³-hybridized carbons (Fsp3) is 0.0870. The number of para-hydroxylation sites is 4. The van der Waals surface area contributed by atoms with Crippen LogP contribution in [0.5, 0.6) is 11.5 Å². The molecule has 9 rings (SSSR count). The van der Waals surface area contributed by atoms with Crippen LogP contribution in [-0.2, 0) is 26.5 Å². The van der Waals surface area contributed by atoms with Gasteiger partial charge in [-0.1, -0.05) is 117 Å². The number of aromatic nitrogens is 3. The van der Waals surface area contributed by atoms with Crippen LogP contribution < -0.4 is 9.30 Å². The van der Waals surface area contributed by atoms with E-state index in [1.807, 2.05) is 65.4 Å². The molecule has 6 heteroatoms. The van der Waals surface area contributed by atoms with E-state index < -0.39 is 0 Å². The molecule has 256 valence electrons. The summed E-state index contributed by atoms with van der Waals surface area (Å²) < 4.78 is 16.5. The van der Waals surface area contributed by atoms with Gasteiger partial charge in [-0.25, -0.2) is 0 Å². The van der Waals surface area contributed by atoms with Crippen molar-refractivity contribution in [1.82, 2.24) is 9.55 Å².